The Labute approximate surface area is 127 Å². The average Bonchev–Trinajstić information content (AvgIpc) is 3.11. The third kappa shape index (κ3) is 3.58. The molecular weight excluding hydrogens is 262 g/mol. The van der Waals surface area contributed by atoms with Crippen molar-refractivity contribution < 1.29 is 9.53 Å². The van der Waals surface area contributed by atoms with Crippen LogP contribution in [0.1, 0.15) is 39.0 Å². The predicted octanol–water partition coefficient (Wildman–Crippen LogP) is 3.40. The van der Waals surface area contributed by atoms with Crippen molar-refractivity contribution in [3.05, 3.63) is 30.3 Å². The second-order valence-electron chi connectivity index (χ2n) is 6.61. The molecule has 21 heavy (non-hydrogen) atoms. The van der Waals surface area contributed by atoms with Gasteiger partial charge >= 0.3 is 0 Å². The Hall–Kier alpha value is -1.51. The van der Waals surface area contributed by atoms with Gasteiger partial charge in [-0.15, -0.1) is 0 Å². The molecule has 3 heteroatoms. The molecule has 0 radical (unpaired) electrons. The van der Waals surface area contributed by atoms with Gasteiger partial charge in [-0.05, 0) is 56.1 Å². The summed E-state index contributed by atoms with van der Waals surface area (Å²) in [6.07, 6.45) is 5.91. The average molecular weight is 287 g/mol. The zero-order valence-electron chi connectivity index (χ0n) is 12.8. The molecule has 0 spiro atoms. The normalized spacial score (nSPS) is 28.3. The minimum absolute atomic E-state index is 0.112. The van der Waals surface area contributed by atoms with Gasteiger partial charge in [0, 0.05) is 6.04 Å². The Kier molecular flexibility index (Phi) is 4.47. The lowest BCUT2D eigenvalue weighted by atomic mass is 9.84. The molecule has 2 aliphatic carbocycles. The fourth-order valence-corrected chi connectivity index (χ4v) is 4.12. The van der Waals surface area contributed by atoms with E-state index in [4.69, 9.17) is 4.74 Å². The van der Waals surface area contributed by atoms with Crippen molar-refractivity contribution in [3.8, 4) is 5.75 Å². The van der Waals surface area contributed by atoms with Crippen LogP contribution >= 0.6 is 0 Å². The molecule has 2 bridgehead atoms. The second kappa shape index (κ2) is 6.50. The van der Waals surface area contributed by atoms with Gasteiger partial charge < -0.3 is 10.1 Å². The number of ether oxygens (including phenoxy) is 1. The molecule has 0 unspecified atom stereocenters. The molecule has 1 amide bonds. The van der Waals surface area contributed by atoms with Gasteiger partial charge in [0.2, 0.25) is 5.91 Å². The van der Waals surface area contributed by atoms with E-state index in [2.05, 4.69) is 12.2 Å². The van der Waals surface area contributed by atoms with Gasteiger partial charge in [-0.3, -0.25) is 4.79 Å². The molecule has 0 aliphatic heterocycles. The number of rotatable bonds is 6. The molecule has 4 atom stereocenters. The first-order valence-electron chi connectivity index (χ1n) is 8.19. The van der Waals surface area contributed by atoms with Crippen LogP contribution < -0.4 is 10.1 Å². The molecule has 2 fully saturated rings. The summed E-state index contributed by atoms with van der Waals surface area (Å²) >= 11 is 0. The first-order chi connectivity index (χ1) is 10.2. The Balaban J connectivity index is 1.38. The van der Waals surface area contributed by atoms with Gasteiger partial charge in [0.1, 0.15) is 5.75 Å². The topological polar surface area (TPSA) is 38.3 Å². The lowest BCUT2D eigenvalue weighted by Gasteiger charge is -2.28. The highest BCUT2D eigenvalue weighted by Crippen LogP contribution is 2.49. The number of carbonyl (C=O) groups is 1. The zero-order valence-corrected chi connectivity index (χ0v) is 12.8. The number of carbonyl (C=O) groups excluding carboxylic acids is 1. The Morgan fingerprint density at radius 2 is 2.10 bits per heavy atom. The van der Waals surface area contributed by atoms with Gasteiger partial charge in [0.05, 0.1) is 13.0 Å². The fraction of sp³-hybridized carbons (Fsp3) is 0.611. The molecule has 0 heterocycles. The van der Waals surface area contributed by atoms with Crippen molar-refractivity contribution in [2.75, 3.05) is 6.61 Å². The molecule has 0 saturated heterocycles. The highest BCUT2D eigenvalue weighted by Gasteiger charge is 2.41. The highest BCUT2D eigenvalue weighted by atomic mass is 16.5. The van der Waals surface area contributed by atoms with Crippen LogP contribution in [0.4, 0.5) is 0 Å². The van der Waals surface area contributed by atoms with E-state index in [1.807, 2.05) is 30.3 Å². The summed E-state index contributed by atoms with van der Waals surface area (Å²) in [4.78, 5) is 12.0. The standard InChI is InChI=1S/C18H25NO2/c1-13(17-12-14-7-8-15(17)11-14)19-18(20)9-10-21-16-5-3-2-4-6-16/h2-6,13-15,17H,7-12H2,1H3,(H,19,20)/t13-,14+,15+,17+/m0/s1. The Morgan fingerprint density at radius 1 is 1.29 bits per heavy atom. The molecule has 1 N–H and O–H groups in total. The maximum Gasteiger partial charge on any atom is 0.223 e. The first-order valence-corrected chi connectivity index (χ1v) is 8.19. The quantitative estimate of drug-likeness (QED) is 0.871. The summed E-state index contributed by atoms with van der Waals surface area (Å²) in [6, 6.07) is 9.96. The van der Waals surface area contributed by atoms with E-state index in [9.17, 15) is 4.79 Å². The molecule has 0 aromatic heterocycles. The third-order valence-electron chi connectivity index (χ3n) is 5.16. The maximum absolute atomic E-state index is 12.0. The molecule has 1 aromatic carbocycles. The Bertz CT molecular complexity index is 473. The number of fused-ring (bicyclic) bond motifs is 2. The van der Waals surface area contributed by atoms with Crippen molar-refractivity contribution in [2.24, 2.45) is 17.8 Å². The monoisotopic (exact) mass is 287 g/mol. The summed E-state index contributed by atoms with van der Waals surface area (Å²) in [5.74, 6) is 3.42. The van der Waals surface area contributed by atoms with E-state index in [0.717, 1.165) is 17.6 Å². The minimum atomic E-state index is 0.112. The fourth-order valence-electron chi connectivity index (χ4n) is 4.12. The van der Waals surface area contributed by atoms with Crippen LogP contribution in [0.25, 0.3) is 0 Å². The van der Waals surface area contributed by atoms with Crippen LogP contribution in [0.2, 0.25) is 0 Å². The first kappa shape index (κ1) is 14.4. The van der Waals surface area contributed by atoms with Crippen molar-refractivity contribution in [1.29, 1.82) is 0 Å². The van der Waals surface area contributed by atoms with Gasteiger partial charge in [-0.2, -0.15) is 0 Å². The van der Waals surface area contributed by atoms with E-state index in [1.54, 1.807) is 0 Å². The minimum Gasteiger partial charge on any atom is -0.493 e. The number of hydrogen-bond donors (Lipinski definition) is 1. The van der Waals surface area contributed by atoms with Crippen LogP contribution in [0.5, 0.6) is 5.75 Å². The molecule has 2 saturated carbocycles. The number of nitrogens with one attached hydrogen (secondary N) is 1. The predicted molar refractivity (Wildman–Crippen MR) is 83.1 cm³/mol. The summed E-state index contributed by atoms with van der Waals surface area (Å²) in [5, 5.41) is 3.17. The summed E-state index contributed by atoms with van der Waals surface area (Å²) < 4.78 is 5.57. The van der Waals surface area contributed by atoms with Gasteiger partial charge in [-0.25, -0.2) is 0 Å². The van der Waals surface area contributed by atoms with E-state index in [0.29, 0.717) is 25.0 Å². The van der Waals surface area contributed by atoms with Crippen LogP contribution in [-0.2, 0) is 4.79 Å². The largest absolute Gasteiger partial charge is 0.493 e. The van der Waals surface area contributed by atoms with Crippen LogP contribution in [0.3, 0.4) is 0 Å². The van der Waals surface area contributed by atoms with Gasteiger partial charge in [0.15, 0.2) is 0 Å². The van der Waals surface area contributed by atoms with Crippen molar-refractivity contribution in [3.63, 3.8) is 0 Å². The molecular formula is C18H25NO2. The third-order valence-corrected chi connectivity index (χ3v) is 5.16. The summed E-state index contributed by atoms with van der Waals surface area (Å²) in [7, 11) is 0. The smallest absolute Gasteiger partial charge is 0.223 e. The molecule has 3 nitrogen and oxygen atoms in total. The second-order valence-corrected chi connectivity index (χ2v) is 6.61. The highest BCUT2D eigenvalue weighted by molar-refractivity contribution is 5.76. The van der Waals surface area contributed by atoms with E-state index < -0.39 is 0 Å². The lowest BCUT2D eigenvalue weighted by molar-refractivity contribution is -0.122. The van der Waals surface area contributed by atoms with E-state index in [-0.39, 0.29) is 5.91 Å². The van der Waals surface area contributed by atoms with Crippen molar-refractivity contribution >= 4 is 5.91 Å². The molecule has 3 rings (SSSR count). The molecule has 2 aliphatic rings. The van der Waals surface area contributed by atoms with Gasteiger partial charge in [-0.1, -0.05) is 24.6 Å². The number of hydrogen-bond acceptors (Lipinski definition) is 2. The number of benzene rings is 1. The molecule has 1 aromatic rings. The van der Waals surface area contributed by atoms with Crippen LogP contribution in [-0.4, -0.2) is 18.6 Å². The summed E-state index contributed by atoms with van der Waals surface area (Å²) in [6.45, 7) is 2.61. The van der Waals surface area contributed by atoms with Crippen molar-refractivity contribution in [1.82, 2.24) is 5.32 Å². The zero-order chi connectivity index (χ0) is 14.7. The summed E-state index contributed by atoms with van der Waals surface area (Å²) in [5.41, 5.74) is 0. The maximum atomic E-state index is 12.0. The molecule has 114 valence electrons. The number of amides is 1. The SMILES string of the molecule is C[C@H](NC(=O)CCOc1ccccc1)[C@H]1C[C@@H]2CC[C@@H]1C2. The lowest BCUT2D eigenvalue weighted by Crippen LogP contribution is -2.40. The van der Waals surface area contributed by atoms with E-state index in [1.165, 1.54) is 25.7 Å². The Morgan fingerprint density at radius 3 is 2.76 bits per heavy atom. The number of para-hydroxylation sites is 1. The van der Waals surface area contributed by atoms with Crippen LogP contribution in [0.15, 0.2) is 30.3 Å². The van der Waals surface area contributed by atoms with Crippen LogP contribution in [0, 0.1) is 17.8 Å². The van der Waals surface area contributed by atoms with Gasteiger partial charge in [0.25, 0.3) is 0 Å². The van der Waals surface area contributed by atoms with E-state index >= 15 is 0 Å². The van der Waals surface area contributed by atoms with Crippen molar-refractivity contribution in [2.45, 2.75) is 45.1 Å².